The number of aromatic carboxylic acids is 1. The van der Waals surface area contributed by atoms with Crippen LogP contribution in [0.25, 0.3) is 0 Å². The molecule has 10 heteroatoms. The first kappa shape index (κ1) is 18.4. The molecular formula is C19H18N6O4. The number of fused-ring (bicyclic) bond motifs is 1. The minimum absolute atomic E-state index is 0.0158. The smallest absolute Gasteiger partial charge is 0.338 e. The minimum Gasteiger partial charge on any atom is -0.478 e. The Morgan fingerprint density at radius 1 is 1.28 bits per heavy atom. The highest BCUT2D eigenvalue weighted by Crippen LogP contribution is 2.47. The number of carbonyl (C=O) groups is 2. The third-order valence-electron chi connectivity index (χ3n) is 4.78. The molecule has 0 saturated heterocycles. The summed E-state index contributed by atoms with van der Waals surface area (Å²) < 4.78 is 5.19. The first-order valence-electron chi connectivity index (χ1n) is 8.75. The zero-order valence-electron chi connectivity index (χ0n) is 15.1. The van der Waals surface area contributed by atoms with Crippen molar-refractivity contribution in [3.8, 4) is 0 Å². The largest absolute Gasteiger partial charge is 0.478 e. The van der Waals surface area contributed by atoms with Gasteiger partial charge in [0, 0.05) is 30.1 Å². The predicted octanol–water partition coefficient (Wildman–Crippen LogP) is 1.38. The van der Waals surface area contributed by atoms with Crippen molar-refractivity contribution < 1.29 is 19.1 Å². The molecule has 10 nitrogen and oxygen atoms in total. The highest BCUT2D eigenvalue weighted by Gasteiger charge is 2.42. The summed E-state index contributed by atoms with van der Waals surface area (Å²) in [6.45, 7) is 0.0866. The van der Waals surface area contributed by atoms with Crippen LogP contribution in [-0.4, -0.2) is 27.0 Å². The van der Waals surface area contributed by atoms with Crippen LogP contribution in [0.5, 0.6) is 0 Å². The SMILES string of the molecule is NCc1ncccc1C(C(N)=O)N1c2c(C(=O)O)ccnc2NC1c1ccoc1. The van der Waals surface area contributed by atoms with Gasteiger partial charge >= 0.3 is 5.97 Å². The number of pyridine rings is 2. The number of primary amides is 1. The van der Waals surface area contributed by atoms with E-state index in [0.717, 1.165) is 0 Å². The lowest BCUT2D eigenvalue weighted by Crippen LogP contribution is -2.41. The second kappa shape index (κ2) is 7.24. The third-order valence-corrected chi connectivity index (χ3v) is 4.78. The van der Waals surface area contributed by atoms with Gasteiger partial charge in [0.1, 0.15) is 12.2 Å². The summed E-state index contributed by atoms with van der Waals surface area (Å²) in [7, 11) is 0. The number of rotatable bonds is 6. The van der Waals surface area contributed by atoms with Gasteiger partial charge in [0.25, 0.3) is 0 Å². The molecule has 4 heterocycles. The topological polar surface area (TPSA) is 161 Å². The maximum absolute atomic E-state index is 12.7. The number of carboxylic acid groups (broad SMARTS) is 1. The van der Waals surface area contributed by atoms with Crippen molar-refractivity contribution in [3.63, 3.8) is 0 Å². The first-order chi connectivity index (χ1) is 14.0. The number of furan rings is 1. The average molecular weight is 394 g/mol. The Morgan fingerprint density at radius 2 is 2.10 bits per heavy atom. The lowest BCUT2D eigenvalue weighted by molar-refractivity contribution is -0.119. The van der Waals surface area contributed by atoms with Crippen LogP contribution in [0.4, 0.5) is 11.5 Å². The maximum Gasteiger partial charge on any atom is 0.338 e. The molecule has 0 fully saturated rings. The van der Waals surface area contributed by atoms with Crippen molar-refractivity contribution in [3.05, 3.63) is 71.6 Å². The van der Waals surface area contributed by atoms with Crippen LogP contribution < -0.4 is 21.7 Å². The minimum atomic E-state index is -1.16. The quantitative estimate of drug-likeness (QED) is 0.484. The molecular weight excluding hydrogens is 376 g/mol. The van der Waals surface area contributed by atoms with Gasteiger partial charge in [0.15, 0.2) is 5.82 Å². The van der Waals surface area contributed by atoms with Gasteiger partial charge in [0.2, 0.25) is 5.91 Å². The number of anilines is 2. The highest BCUT2D eigenvalue weighted by atomic mass is 16.4. The molecule has 0 spiro atoms. The summed E-state index contributed by atoms with van der Waals surface area (Å²) in [5.41, 5.74) is 13.5. The molecule has 2 atom stereocenters. The molecule has 2 unspecified atom stereocenters. The Morgan fingerprint density at radius 3 is 2.76 bits per heavy atom. The molecule has 148 valence electrons. The zero-order chi connectivity index (χ0) is 20.5. The molecule has 0 aromatic carbocycles. The van der Waals surface area contributed by atoms with Gasteiger partial charge in [0.05, 0.1) is 29.5 Å². The van der Waals surface area contributed by atoms with E-state index in [0.29, 0.717) is 22.6 Å². The normalized spacial score (nSPS) is 16.2. The van der Waals surface area contributed by atoms with Crippen molar-refractivity contribution in [2.75, 3.05) is 10.2 Å². The molecule has 0 saturated carbocycles. The summed E-state index contributed by atoms with van der Waals surface area (Å²) >= 11 is 0. The van der Waals surface area contributed by atoms with Gasteiger partial charge < -0.3 is 31.2 Å². The van der Waals surface area contributed by atoms with Crippen molar-refractivity contribution in [2.45, 2.75) is 18.8 Å². The Bertz CT molecular complexity index is 1070. The van der Waals surface area contributed by atoms with E-state index < -0.39 is 24.1 Å². The summed E-state index contributed by atoms with van der Waals surface area (Å²) in [6.07, 6.45) is 5.30. The number of carboxylic acids is 1. The molecule has 3 aromatic rings. The number of carbonyl (C=O) groups excluding carboxylic acids is 1. The summed E-state index contributed by atoms with van der Waals surface area (Å²) in [5.74, 6) is -1.52. The van der Waals surface area contributed by atoms with Crippen LogP contribution >= 0.6 is 0 Å². The van der Waals surface area contributed by atoms with Gasteiger partial charge in [-0.2, -0.15) is 0 Å². The number of aromatic nitrogens is 2. The second-order valence-corrected chi connectivity index (χ2v) is 6.42. The number of hydrogen-bond donors (Lipinski definition) is 4. The van der Waals surface area contributed by atoms with Crippen molar-refractivity contribution >= 4 is 23.4 Å². The van der Waals surface area contributed by atoms with Crippen LogP contribution in [0.3, 0.4) is 0 Å². The van der Waals surface area contributed by atoms with E-state index in [1.54, 1.807) is 29.3 Å². The fourth-order valence-corrected chi connectivity index (χ4v) is 3.58. The van der Waals surface area contributed by atoms with Crippen LogP contribution in [0.2, 0.25) is 0 Å². The molecule has 0 radical (unpaired) electrons. The molecule has 6 N–H and O–H groups in total. The molecule has 4 rings (SSSR count). The van der Waals surface area contributed by atoms with Crippen LogP contribution in [0.15, 0.2) is 53.6 Å². The van der Waals surface area contributed by atoms with Crippen molar-refractivity contribution in [1.29, 1.82) is 0 Å². The first-order valence-corrected chi connectivity index (χ1v) is 8.75. The fraction of sp³-hybridized carbons (Fsp3) is 0.158. The number of amides is 1. The second-order valence-electron chi connectivity index (χ2n) is 6.42. The van der Waals surface area contributed by atoms with E-state index >= 15 is 0 Å². The molecule has 0 aliphatic carbocycles. The molecule has 1 aliphatic heterocycles. The Hall–Kier alpha value is -3.92. The Labute approximate surface area is 165 Å². The van der Waals surface area contributed by atoms with Crippen molar-refractivity contribution in [2.24, 2.45) is 11.5 Å². The standard InChI is InChI=1S/C19H18N6O4/c20-8-13-11(2-1-5-22-13)14(16(21)26)25-15-12(19(27)28)3-6-23-17(15)24-18(25)10-4-7-29-9-10/h1-7,9,14,18H,8,20H2,(H2,21,26)(H,23,24)(H,27,28). The number of nitrogens with zero attached hydrogens (tertiary/aromatic N) is 3. The summed E-state index contributed by atoms with van der Waals surface area (Å²) in [6, 6.07) is 5.41. The lowest BCUT2D eigenvalue weighted by Gasteiger charge is -2.33. The van der Waals surface area contributed by atoms with Gasteiger partial charge in [-0.15, -0.1) is 0 Å². The van der Waals surface area contributed by atoms with Crippen molar-refractivity contribution in [1.82, 2.24) is 9.97 Å². The molecule has 0 bridgehead atoms. The monoisotopic (exact) mass is 394 g/mol. The average Bonchev–Trinajstić information content (AvgIpc) is 3.36. The highest BCUT2D eigenvalue weighted by molar-refractivity contribution is 6.01. The van der Waals surface area contributed by atoms with Gasteiger partial charge in [-0.25, -0.2) is 9.78 Å². The summed E-state index contributed by atoms with van der Waals surface area (Å²) in [5, 5.41) is 12.9. The number of nitrogens with one attached hydrogen (secondary N) is 1. The van der Waals surface area contributed by atoms with E-state index in [1.165, 1.54) is 24.8 Å². The van der Waals surface area contributed by atoms with Gasteiger partial charge in [-0.3, -0.25) is 9.78 Å². The third kappa shape index (κ3) is 3.05. The van der Waals surface area contributed by atoms with Gasteiger partial charge in [-0.05, 0) is 18.2 Å². The Balaban J connectivity index is 1.96. The van der Waals surface area contributed by atoms with E-state index in [9.17, 15) is 14.7 Å². The van der Waals surface area contributed by atoms with Gasteiger partial charge in [-0.1, -0.05) is 6.07 Å². The van der Waals surface area contributed by atoms with Crippen LogP contribution in [0, 0.1) is 0 Å². The van der Waals surface area contributed by atoms with E-state index in [4.69, 9.17) is 15.9 Å². The van der Waals surface area contributed by atoms with E-state index in [1.807, 2.05) is 0 Å². The van der Waals surface area contributed by atoms with Crippen LogP contribution in [-0.2, 0) is 11.3 Å². The predicted molar refractivity (Wildman–Crippen MR) is 103 cm³/mol. The van der Waals surface area contributed by atoms with Crippen LogP contribution in [0.1, 0.15) is 39.4 Å². The molecule has 29 heavy (non-hydrogen) atoms. The Kier molecular flexibility index (Phi) is 4.61. The molecule has 1 amide bonds. The molecule has 1 aliphatic rings. The summed E-state index contributed by atoms with van der Waals surface area (Å²) in [4.78, 5) is 34.6. The zero-order valence-corrected chi connectivity index (χ0v) is 15.1. The van der Waals surface area contributed by atoms with E-state index in [2.05, 4.69) is 15.3 Å². The maximum atomic E-state index is 12.7. The van der Waals surface area contributed by atoms with E-state index in [-0.39, 0.29) is 17.8 Å². The number of nitrogens with two attached hydrogens (primary N) is 2. The number of hydrogen-bond acceptors (Lipinski definition) is 8. The fourth-order valence-electron chi connectivity index (χ4n) is 3.58. The lowest BCUT2D eigenvalue weighted by atomic mass is 10.00. The molecule has 3 aromatic heterocycles.